The minimum absolute atomic E-state index is 0.235. The van der Waals surface area contributed by atoms with Crippen molar-refractivity contribution in [2.45, 2.75) is 50.8 Å². The van der Waals surface area contributed by atoms with Gasteiger partial charge in [-0.2, -0.15) is 0 Å². The second kappa shape index (κ2) is 10.8. The summed E-state index contributed by atoms with van der Waals surface area (Å²) in [7, 11) is 1.48. The van der Waals surface area contributed by atoms with Crippen LogP contribution >= 0.6 is 0 Å². The third-order valence-electron chi connectivity index (χ3n) is 6.17. The molecule has 0 aromatic heterocycles. The van der Waals surface area contributed by atoms with E-state index in [-0.39, 0.29) is 17.7 Å². The van der Waals surface area contributed by atoms with Crippen LogP contribution in [0.15, 0.2) is 42.5 Å². The van der Waals surface area contributed by atoms with Gasteiger partial charge >= 0.3 is 0 Å². The number of likely N-dealkylation sites (tertiary alicyclic amines) is 1. The van der Waals surface area contributed by atoms with E-state index in [0.29, 0.717) is 32.5 Å². The normalized spacial score (nSPS) is 17.1. The maximum atomic E-state index is 13.2. The highest BCUT2D eigenvalue weighted by atomic mass is 16.5. The molecule has 0 radical (unpaired) electrons. The van der Waals surface area contributed by atoms with E-state index >= 15 is 0 Å². The number of nitrogens with one attached hydrogen (secondary N) is 2. The van der Waals surface area contributed by atoms with Gasteiger partial charge in [-0.3, -0.25) is 14.4 Å². The number of amides is 3. The first-order valence-electron chi connectivity index (χ1n) is 11.4. The molecule has 3 amide bonds. The van der Waals surface area contributed by atoms with Crippen molar-refractivity contribution in [1.82, 2.24) is 15.5 Å². The fourth-order valence-corrected chi connectivity index (χ4v) is 4.11. The fraction of sp³-hybridized carbons (Fsp3) is 0.480. The number of carbonyl (C=O) groups excluding carboxylic acids is 3. The van der Waals surface area contributed by atoms with Crippen LogP contribution in [-0.4, -0.2) is 67.1 Å². The van der Waals surface area contributed by atoms with Crippen LogP contribution in [0.1, 0.15) is 32.3 Å². The molecule has 33 heavy (non-hydrogen) atoms. The monoisotopic (exact) mass is 454 g/mol. The molecule has 8 nitrogen and oxygen atoms in total. The highest BCUT2D eigenvalue weighted by Crippen LogP contribution is 2.23. The largest absolute Gasteiger partial charge is 0.369 e. The lowest BCUT2D eigenvalue weighted by molar-refractivity contribution is -0.154. The predicted octanol–water partition coefficient (Wildman–Crippen LogP) is 1.36. The van der Waals surface area contributed by atoms with E-state index in [9.17, 15) is 14.4 Å². The van der Waals surface area contributed by atoms with Crippen molar-refractivity contribution < 1.29 is 19.1 Å². The van der Waals surface area contributed by atoms with Gasteiger partial charge in [0.1, 0.15) is 17.7 Å². The number of ether oxygens (including phenoxy) is 1. The van der Waals surface area contributed by atoms with E-state index < -0.39 is 17.7 Å². The summed E-state index contributed by atoms with van der Waals surface area (Å²) in [6, 6.07) is 12.6. The molecule has 3 rings (SSSR count). The van der Waals surface area contributed by atoms with E-state index in [1.165, 1.54) is 7.11 Å². The van der Waals surface area contributed by atoms with Gasteiger partial charge in [0.15, 0.2) is 0 Å². The molecule has 0 aliphatic carbocycles. The van der Waals surface area contributed by atoms with E-state index in [4.69, 9.17) is 10.5 Å². The average molecular weight is 455 g/mol. The van der Waals surface area contributed by atoms with Crippen molar-refractivity contribution in [3.63, 3.8) is 0 Å². The molecule has 2 aromatic rings. The van der Waals surface area contributed by atoms with Gasteiger partial charge in [0.25, 0.3) is 5.91 Å². The quantitative estimate of drug-likeness (QED) is 0.529. The Morgan fingerprint density at radius 3 is 2.61 bits per heavy atom. The zero-order valence-corrected chi connectivity index (χ0v) is 19.6. The lowest BCUT2D eigenvalue weighted by atomic mass is 10.0. The number of hydrogen-bond acceptors (Lipinski definition) is 5. The summed E-state index contributed by atoms with van der Waals surface area (Å²) in [5.74, 6) is -0.863. The molecule has 1 heterocycles. The molecule has 0 saturated carbocycles. The number of benzene rings is 2. The van der Waals surface area contributed by atoms with Crippen molar-refractivity contribution in [2.75, 3.05) is 26.7 Å². The van der Waals surface area contributed by atoms with Crippen LogP contribution in [0.3, 0.4) is 0 Å². The maximum absolute atomic E-state index is 13.2. The molecule has 2 aromatic carbocycles. The zero-order chi connectivity index (χ0) is 24.0. The van der Waals surface area contributed by atoms with E-state index in [0.717, 1.165) is 22.8 Å². The van der Waals surface area contributed by atoms with Gasteiger partial charge in [-0.05, 0) is 43.0 Å². The Morgan fingerprint density at radius 1 is 1.18 bits per heavy atom. The SMILES string of the molecule is COC(C)(C)C(=O)N1CCCC1C(=O)N[C@H](Cc1ccc2ccccc2c1)C(=O)NCCN. The van der Waals surface area contributed by atoms with Crippen LogP contribution < -0.4 is 16.4 Å². The van der Waals surface area contributed by atoms with Crippen LogP contribution in [0.25, 0.3) is 10.8 Å². The van der Waals surface area contributed by atoms with E-state index in [2.05, 4.69) is 10.6 Å². The van der Waals surface area contributed by atoms with Crippen molar-refractivity contribution in [1.29, 1.82) is 0 Å². The van der Waals surface area contributed by atoms with E-state index in [1.807, 2.05) is 42.5 Å². The molecule has 2 atom stereocenters. The van der Waals surface area contributed by atoms with Crippen LogP contribution in [0.5, 0.6) is 0 Å². The summed E-state index contributed by atoms with van der Waals surface area (Å²) >= 11 is 0. The first-order valence-corrected chi connectivity index (χ1v) is 11.4. The molecule has 1 aliphatic rings. The fourth-order valence-electron chi connectivity index (χ4n) is 4.11. The minimum Gasteiger partial charge on any atom is -0.369 e. The number of hydrogen-bond donors (Lipinski definition) is 3. The standard InChI is InChI=1S/C25H34N4O4/c1-25(2,33-3)24(32)29-14-6-9-21(29)23(31)28-20(22(30)27-13-12-26)16-17-10-11-18-7-4-5-8-19(18)15-17/h4-5,7-8,10-11,15,20-21H,6,9,12-14,16,26H2,1-3H3,(H,27,30)(H,28,31)/t20-,21?/m1/s1. The van der Waals surface area contributed by atoms with Crippen LogP contribution in [0, 0.1) is 0 Å². The summed E-state index contributed by atoms with van der Waals surface area (Å²) < 4.78 is 5.32. The topological polar surface area (TPSA) is 114 Å². The van der Waals surface area contributed by atoms with Crippen molar-refractivity contribution in [2.24, 2.45) is 5.73 Å². The molecule has 1 saturated heterocycles. The van der Waals surface area contributed by atoms with Gasteiger partial charge < -0.3 is 26.0 Å². The predicted molar refractivity (Wildman–Crippen MR) is 127 cm³/mol. The minimum atomic E-state index is -1.02. The average Bonchev–Trinajstić information content (AvgIpc) is 3.31. The van der Waals surface area contributed by atoms with Gasteiger partial charge in [0.2, 0.25) is 11.8 Å². The molecule has 0 spiro atoms. The molecule has 0 bridgehead atoms. The highest BCUT2D eigenvalue weighted by molar-refractivity contribution is 5.94. The van der Waals surface area contributed by atoms with Gasteiger partial charge in [-0.15, -0.1) is 0 Å². The smallest absolute Gasteiger partial charge is 0.254 e. The Kier molecular flexibility index (Phi) is 8.05. The van der Waals surface area contributed by atoms with Crippen LogP contribution in [0.4, 0.5) is 0 Å². The number of rotatable bonds is 9. The molecule has 4 N–H and O–H groups in total. The lowest BCUT2D eigenvalue weighted by Crippen LogP contribution is -2.56. The highest BCUT2D eigenvalue weighted by Gasteiger charge is 2.41. The van der Waals surface area contributed by atoms with Gasteiger partial charge in [-0.1, -0.05) is 42.5 Å². The summed E-state index contributed by atoms with van der Waals surface area (Å²) in [6.45, 7) is 4.48. The number of methoxy groups -OCH3 is 1. The van der Waals surface area contributed by atoms with Crippen LogP contribution in [-0.2, 0) is 25.5 Å². The molecule has 1 fully saturated rings. The summed E-state index contributed by atoms with van der Waals surface area (Å²) in [6.07, 6.45) is 1.60. The zero-order valence-electron chi connectivity index (χ0n) is 19.6. The summed E-state index contributed by atoms with van der Waals surface area (Å²) in [5.41, 5.74) is 5.45. The molecule has 8 heteroatoms. The first-order chi connectivity index (χ1) is 15.8. The second-order valence-electron chi connectivity index (χ2n) is 8.90. The van der Waals surface area contributed by atoms with Gasteiger partial charge in [-0.25, -0.2) is 0 Å². The Balaban J connectivity index is 1.78. The molecule has 1 aliphatic heterocycles. The Morgan fingerprint density at radius 2 is 1.91 bits per heavy atom. The third kappa shape index (κ3) is 5.89. The van der Waals surface area contributed by atoms with E-state index in [1.54, 1.807) is 18.7 Å². The van der Waals surface area contributed by atoms with Gasteiger partial charge in [0.05, 0.1) is 0 Å². The number of carbonyl (C=O) groups is 3. The number of fused-ring (bicyclic) bond motifs is 1. The Bertz CT molecular complexity index is 1010. The molecular formula is C25H34N4O4. The third-order valence-corrected chi connectivity index (χ3v) is 6.17. The van der Waals surface area contributed by atoms with Crippen LogP contribution in [0.2, 0.25) is 0 Å². The summed E-state index contributed by atoms with van der Waals surface area (Å²) in [5, 5.41) is 7.84. The lowest BCUT2D eigenvalue weighted by Gasteiger charge is -2.32. The van der Waals surface area contributed by atoms with Gasteiger partial charge in [0, 0.05) is 33.2 Å². The number of nitrogens with two attached hydrogens (primary N) is 1. The van der Waals surface area contributed by atoms with Crippen molar-refractivity contribution in [3.8, 4) is 0 Å². The van der Waals surface area contributed by atoms with Crippen molar-refractivity contribution >= 4 is 28.5 Å². The Hall–Kier alpha value is -2.97. The van der Waals surface area contributed by atoms with Crippen molar-refractivity contribution in [3.05, 3.63) is 48.0 Å². The second-order valence-corrected chi connectivity index (χ2v) is 8.90. The summed E-state index contributed by atoms with van der Waals surface area (Å²) in [4.78, 5) is 40.6. The molecule has 1 unspecified atom stereocenters. The molecule has 178 valence electrons. The molecular weight excluding hydrogens is 420 g/mol. The first kappa shape index (κ1) is 24.7. The Labute approximate surface area is 194 Å². The maximum Gasteiger partial charge on any atom is 0.254 e. The number of nitrogens with zero attached hydrogens (tertiary/aromatic N) is 1.